The standard InChI is InChI=1S/C20H23ClN6O3S2/c1-12(26(2)3)18-24-25-20(27(18)15-7-5-13(21)6-8-15)32-11-16(28)23-19-22-14(10-31-19)9-17(29)30-4/h5-8,10,12H,9,11H2,1-4H3,(H,22,23,28). The molecule has 1 unspecified atom stereocenters. The molecule has 0 fully saturated rings. The molecule has 0 spiro atoms. The molecule has 32 heavy (non-hydrogen) atoms. The number of amides is 1. The van der Waals surface area contributed by atoms with Gasteiger partial charge in [0.15, 0.2) is 16.1 Å². The van der Waals surface area contributed by atoms with Crippen molar-refractivity contribution >= 4 is 51.7 Å². The average molecular weight is 495 g/mol. The zero-order valence-electron chi connectivity index (χ0n) is 18.0. The van der Waals surface area contributed by atoms with E-state index in [4.69, 9.17) is 11.6 Å². The van der Waals surface area contributed by atoms with Crippen LogP contribution in [0.3, 0.4) is 0 Å². The Balaban J connectivity index is 1.72. The molecule has 9 nitrogen and oxygen atoms in total. The summed E-state index contributed by atoms with van der Waals surface area (Å²) in [5.41, 5.74) is 1.41. The quantitative estimate of drug-likeness (QED) is 0.356. The summed E-state index contributed by atoms with van der Waals surface area (Å²) in [6.45, 7) is 2.03. The lowest BCUT2D eigenvalue weighted by Crippen LogP contribution is -2.21. The van der Waals surface area contributed by atoms with Crippen molar-refractivity contribution in [2.45, 2.75) is 24.5 Å². The van der Waals surface area contributed by atoms with Gasteiger partial charge in [0.05, 0.1) is 31.0 Å². The summed E-state index contributed by atoms with van der Waals surface area (Å²) in [6.07, 6.45) is 0.0641. The van der Waals surface area contributed by atoms with E-state index in [0.717, 1.165) is 11.5 Å². The van der Waals surface area contributed by atoms with Gasteiger partial charge in [0.2, 0.25) is 5.91 Å². The van der Waals surface area contributed by atoms with Crippen molar-refractivity contribution in [1.82, 2.24) is 24.6 Å². The maximum atomic E-state index is 12.5. The first-order valence-electron chi connectivity index (χ1n) is 9.60. The number of hydrogen-bond acceptors (Lipinski definition) is 9. The second-order valence-corrected chi connectivity index (χ2v) is 9.26. The molecule has 1 amide bonds. The van der Waals surface area contributed by atoms with Gasteiger partial charge in [-0.15, -0.1) is 21.5 Å². The number of halogens is 1. The van der Waals surface area contributed by atoms with Crippen LogP contribution in [-0.4, -0.2) is 63.5 Å². The zero-order chi connectivity index (χ0) is 23.3. The van der Waals surface area contributed by atoms with Crippen molar-refractivity contribution in [2.75, 3.05) is 32.3 Å². The first-order valence-corrected chi connectivity index (χ1v) is 11.8. The lowest BCUT2D eigenvalue weighted by molar-refractivity contribution is -0.139. The number of hydrogen-bond donors (Lipinski definition) is 1. The molecule has 0 aliphatic rings. The molecule has 0 saturated heterocycles. The second kappa shape index (κ2) is 10.9. The predicted molar refractivity (Wildman–Crippen MR) is 126 cm³/mol. The Morgan fingerprint density at radius 1 is 1.28 bits per heavy atom. The smallest absolute Gasteiger partial charge is 0.311 e. The number of anilines is 1. The highest BCUT2D eigenvalue weighted by Crippen LogP contribution is 2.27. The number of rotatable bonds is 9. The first kappa shape index (κ1) is 24.2. The van der Waals surface area contributed by atoms with E-state index in [-0.39, 0.29) is 30.1 Å². The number of thiazole rings is 1. The number of nitrogens with one attached hydrogen (secondary N) is 1. The maximum absolute atomic E-state index is 12.5. The third kappa shape index (κ3) is 6.06. The number of carbonyl (C=O) groups is 2. The summed E-state index contributed by atoms with van der Waals surface area (Å²) >= 11 is 8.57. The van der Waals surface area contributed by atoms with Crippen molar-refractivity contribution in [1.29, 1.82) is 0 Å². The summed E-state index contributed by atoms with van der Waals surface area (Å²) in [7, 11) is 5.25. The molecule has 0 aliphatic carbocycles. The number of nitrogens with zero attached hydrogens (tertiary/aromatic N) is 5. The molecular formula is C20H23ClN6O3S2. The van der Waals surface area contributed by atoms with Gasteiger partial charge in [0.1, 0.15) is 0 Å². The SMILES string of the molecule is COC(=O)Cc1csc(NC(=O)CSc2nnc(C(C)N(C)C)n2-c2ccc(Cl)cc2)n1. The fourth-order valence-corrected chi connectivity index (χ4v) is 4.27. The van der Waals surface area contributed by atoms with Crippen LogP contribution in [-0.2, 0) is 20.7 Å². The molecular weight excluding hydrogens is 472 g/mol. The Morgan fingerprint density at radius 3 is 2.66 bits per heavy atom. The van der Waals surface area contributed by atoms with Gasteiger partial charge in [-0.2, -0.15) is 0 Å². The van der Waals surface area contributed by atoms with Crippen LogP contribution in [0.15, 0.2) is 34.8 Å². The first-order chi connectivity index (χ1) is 15.3. The lowest BCUT2D eigenvalue weighted by atomic mass is 10.2. The Hall–Kier alpha value is -2.47. The fraction of sp³-hybridized carbons (Fsp3) is 0.350. The van der Waals surface area contributed by atoms with E-state index in [1.54, 1.807) is 17.5 Å². The Bertz CT molecular complexity index is 1080. The van der Waals surface area contributed by atoms with E-state index in [1.165, 1.54) is 30.2 Å². The predicted octanol–water partition coefficient (Wildman–Crippen LogP) is 3.45. The van der Waals surface area contributed by atoms with Gasteiger partial charge in [0, 0.05) is 16.1 Å². The van der Waals surface area contributed by atoms with E-state index in [1.807, 2.05) is 42.6 Å². The number of benzene rings is 1. The molecule has 2 aromatic heterocycles. The van der Waals surface area contributed by atoms with E-state index >= 15 is 0 Å². The number of aromatic nitrogens is 4. The molecule has 1 aromatic carbocycles. The Morgan fingerprint density at radius 2 is 2.00 bits per heavy atom. The minimum Gasteiger partial charge on any atom is -0.469 e. The van der Waals surface area contributed by atoms with E-state index in [9.17, 15) is 9.59 Å². The van der Waals surface area contributed by atoms with Crippen LogP contribution in [0.1, 0.15) is 24.5 Å². The Labute approximate surface area is 199 Å². The minimum atomic E-state index is -0.381. The zero-order valence-corrected chi connectivity index (χ0v) is 20.4. The van der Waals surface area contributed by atoms with Gasteiger partial charge < -0.3 is 10.1 Å². The molecule has 2 heterocycles. The van der Waals surface area contributed by atoms with E-state index < -0.39 is 0 Å². The van der Waals surface area contributed by atoms with Gasteiger partial charge in [-0.3, -0.25) is 19.1 Å². The second-order valence-electron chi connectivity index (χ2n) is 7.03. The summed E-state index contributed by atoms with van der Waals surface area (Å²) in [5, 5.41) is 14.8. The largest absolute Gasteiger partial charge is 0.469 e. The maximum Gasteiger partial charge on any atom is 0.311 e. The highest BCUT2D eigenvalue weighted by molar-refractivity contribution is 7.99. The molecule has 3 aromatic rings. The molecule has 0 radical (unpaired) electrons. The molecule has 0 aliphatic heterocycles. The molecule has 170 valence electrons. The molecule has 0 saturated carbocycles. The van der Waals surface area contributed by atoms with Crippen molar-refractivity contribution in [3.05, 3.63) is 46.2 Å². The van der Waals surface area contributed by atoms with E-state index in [0.29, 0.717) is 21.0 Å². The van der Waals surface area contributed by atoms with Crippen molar-refractivity contribution in [3.8, 4) is 5.69 Å². The summed E-state index contributed by atoms with van der Waals surface area (Å²) in [5.74, 6) is 0.260. The topological polar surface area (TPSA) is 102 Å². The average Bonchev–Trinajstić information content (AvgIpc) is 3.38. The van der Waals surface area contributed by atoms with Gasteiger partial charge >= 0.3 is 5.97 Å². The lowest BCUT2D eigenvalue weighted by Gasteiger charge is -2.20. The number of carbonyl (C=O) groups excluding carboxylic acids is 2. The van der Waals surface area contributed by atoms with Crippen molar-refractivity contribution < 1.29 is 14.3 Å². The minimum absolute atomic E-state index is 0.00454. The summed E-state index contributed by atoms with van der Waals surface area (Å²) in [4.78, 5) is 30.1. The third-order valence-electron chi connectivity index (χ3n) is 4.58. The fourth-order valence-electron chi connectivity index (χ4n) is 2.66. The van der Waals surface area contributed by atoms with Gasteiger partial charge in [-0.05, 0) is 45.3 Å². The van der Waals surface area contributed by atoms with Crippen LogP contribution in [0.25, 0.3) is 5.69 Å². The summed E-state index contributed by atoms with van der Waals surface area (Å²) in [6, 6.07) is 7.39. The van der Waals surface area contributed by atoms with Gasteiger partial charge in [-0.25, -0.2) is 4.98 Å². The number of ether oxygens (including phenoxy) is 1. The van der Waals surface area contributed by atoms with Gasteiger partial charge in [-0.1, -0.05) is 23.4 Å². The van der Waals surface area contributed by atoms with Gasteiger partial charge in [0.25, 0.3) is 0 Å². The van der Waals surface area contributed by atoms with E-state index in [2.05, 4.69) is 25.2 Å². The normalized spacial score (nSPS) is 12.1. The van der Waals surface area contributed by atoms with Crippen molar-refractivity contribution in [3.63, 3.8) is 0 Å². The van der Waals surface area contributed by atoms with Crippen LogP contribution in [0.2, 0.25) is 5.02 Å². The van der Waals surface area contributed by atoms with Crippen molar-refractivity contribution in [2.24, 2.45) is 0 Å². The van der Waals surface area contributed by atoms with Crippen LogP contribution >= 0.6 is 34.7 Å². The van der Waals surface area contributed by atoms with Crippen LogP contribution in [0.5, 0.6) is 0 Å². The number of esters is 1. The van der Waals surface area contributed by atoms with Crippen LogP contribution in [0.4, 0.5) is 5.13 Å². The molecule has 1 atom stereocenters. The molecule has 12 heteroatoms. The van der Waals surface area contributed by atoms with Crippen LogP contribution in [0, 0.1) is 0 Å². The highest BCUT2D eigenvalue weighted by Gasteiger charge is 2.21. The third-order valence-corrected chi connectivity index (χ3v) is 6.56. The number of methoxy groups -OCH3 is 1. The molecule has 3 rings (SSSR count). The molecule has 1 N–H and O–H groups in total. The molecule has 0 bridgehead atoms. The Kier molecular flexibility index (Phi) is 8.24. The monoisotopic (exact) mass is 494 g/mol. The van der Waals surface area contributed by atoms with Crippen LogP contribution < -0.4 is 5.32 Å². The highest BCUT2D eigenvalue weighted by atomic mass is 35.5. The summed E-state index contributed by atoms with van der Waals surface area (Å²) < 4.78 is 6.56. The number of thioether (sulfide) groups is 1.